The molecule has 0 unspecified atom stereocenters. The van der Waals surface area contributed by atoms with Crippen LogP contribution in [0, 0.1) is 6.92 Å². The number of carboxylic acid groups (broad SMARTS) is 1. The quantitative estimate of drug-likeness (QED) is 0.832. The number of carboxylic acids is 1. The maximum absolute atomic E-state index is 10.6. The second-order valence-corrected chi connectivity index (χ2v) is 6.44. The van der Waals surface area contributed by atoms with Crippen LogP contribution in [0.25, 0.3) is 6.08 Å². The highest BCUT2D eigenvalue weighted by atomic mass is 32.1. The third kappa shape index (κ3) is 4.00. The smallest absolute Gasteiger partial charge is 0.328 e. The maximum atomic E-state index is 10.6. The molecule has 1 N–H and O–H groups in total. The highest BCUT2D eigenvalue weighted by Gasteiger charge is 2.09. The molecule has 2 aromatic heterocycles. The van der Waals surface area contributed by atoms with Gasteiger partial charge in [0.2, 0.25) is 0 Å². The first-order valence-corrected chi connectivity index (χ1v) is 7.87. The van der Waals surface area contributed by atoms with E-state index in [1.54, 1.807) is 28.7 Å². The standard InChI is InChI=1S/C14H16N2O2S2/c1-10-12(20-9-15-10)7-16(2)8-13-11(5-6-19-13)3-4-14(17)18/h3-6,9H,7-8H2,1-2H3,(H,17,18). The van der Waals surface area contributed by atoms with Crippen molar-refractivity contribution in [3.63, 3.8) is 0 Å². The van der Waals surface area contributed by atoms with Gasteiger partial charge in [0.15, 0.2) is 0 Å². The SMILES string of the molecule is Cc1ncsc1CN(C)Cc1sccc1C=CC(=O)O. The highest BCUT2D eigenvalue weighted by Crippen LogP contribution is 2.22. The summed E-state index contributed by atoms with van der Waals surface area (Å²) in [5.41, 5.74) is 3.93. The number of aromatic nitrogens is 1. The molecule has 0 saturated heterocycles. The molecule has 0 amide bonds. The molecule has 2 aromatic rings. The Hall–Kier alpha value is -1.50. The Kier molecular flexibility index (Phi) is 5.05. The number of aryl methyl sites for hydroxylation is 1. The van der Waals surface area contributed by atoms with Crippen LogP contribution in [-0.4, -0.2) is 28.0 Å². The number of aliphatic carboxylic acids is 1. The largest absolute Gasteiger partial charge is 0.478 e. The second kappa shape index (κ2) is 6.78. The highest BCUT2D eigenvalue weighted by molar-refractivity contribution is 7.10. The van der Waals surface area contributed by atoms with Crippen LogP contribution in [-0.2, 0) is 17.9 Å². The number of rotatable bonds is 6. The lowest BCUT2D eigenvalue weighted by atomic mass is 10.2. The maximum Gasteiger partial charge on any atom is 0.328 e. The topological polar surface area (TPSA) is 53.4 Å². The minimum atomic E-state index is -0.921. The zero-order valence-electron chi connectivity index (χ0n) is 11.4. The van der Waals surface area contributed by atoms with Crippen molar-refractivity contribution in [2.45, 2.75) is 20.0 Å². The molecule has 0 aliphatic carbocycles. The molecular weight excluding hydrogens is 292 g/mol. The van der Waals surface area contributed by atoms with Gasteiger partial charge in [-0.3, -0.25) is 4.90 Å². The van der Waals surface area contributed by atoms with Gasteiger partial charge >= 0.3 is 5.97 Å². The molecule has 20 heavy (non-hydrogen) atoms. The summed E-state index contributed by atoms with van der Waals surface area (Å²) in [6.07, 6.45) is 2.83. The first-order chi connectivity index (χ1) is 9.56. The molecule has 0 radical (unpaired) electrons. The Morgan fingerprint density at radius 1 is 1.40 bits per heavy atom. The zero-order chi connectivity index (χ0) is 14.5. The molecule has 0 aliphatic heterocycles. The fourth-order valence-electron chi connectivity index (χ4n) is 1.81. The Morgan fingerprint density at radius 2 is 2.15 bits per heavy atom. The van der Waals surface area contributed by atoms with Gasteiger partial charge < -0.3 is 5.11 Å². The van der Waals surface area contributed by atoms with Gasteiger partial charge in [-0.25, -0.2) is 9.78 Å². The fraction of sp³-hybridized carbons (Fsp3) is 0.286. The minimum Gasteiger partial charge on any atom is -0.478 e. The van der Waals surface area contributed by atoms with Gasteiger partial charge in [0.25, 0.3) is 0 Å². The number of hydrogen-bond acceptors (Lipinski definition) is 5. The summed E-state index contributed by atoms with van der Waals surface area (Å²) in [7, 11) is 2.06. The molecule has 0 fully saturated rings. The van der Waals surface area contributed by atoms with Crippen LogP contribution in [0.1, 0.15) is 21.0 Å². The molecule has 6 heteroatoms. The second-order valence-electron chi connectivity index (χ2n) is 4.50. The van der Waals surface area contributed by atoms with Crippen LogP contribution >= 0.6 is 22.7 Å². The number of hydrogen-bond donors (Lipinski definition) is 1. The van der Waals surface area contributed by atoms with Crippen molar-refractivity contribution in [1.82, 2.24) is 9.88 Å². The van der Waals surface area contributed by atoms with Gasteiger partial charge in [-0.1, -0.05) is 0 Å². The van der Waals surface area contributed by atoms with Crippen molar-refractivity contribution >= 4 is 34.7 Å². The van der Waals surface area contributed by atoms with Crippen molar-refractivity contribution in [3.05, 3.63) is 44.0 Å². The third-order valence-electron chi connectivity index (χ3n) is 2.86. The zero-order valence-corrected chi connectivity index (χ0v) is 13.0. The first kappa shape index (κ1) is 14.9. The molecule has 0 aromatic carbocycles. The predicted molar refractivity (Wildman–Crippen MR) is 83.0 cm³/mol. The lowest BCUT2D eigenvalue weighted by molar-refractivity contribution is -0.131. The summed E-state index contributed by atoms with van der Waals surface area (Å²) in [5.74, 6) is -0.921. The normalized spacial score (nSPS) is 11.6. The van der Waals surface area contributed by atoms with Crippen LogP contribution in [0.3, 0.4) is 0 Å². The van der Waals surface area contributed by atoms with Crippen LogP contribution in [0.5, 0.6) is 0 Å². The molecule has 2 heterocycles. The molecule has 0 aliphatic rings. The number of carbonyl (C=O) groups is 1. The molecule has 0 spiro atoms. The van der Waals surface area contributed by atoms with Gasteiger partial charge in [-0.15, -0.1) is 22.7 Å². The predicted octanol–water partition coefficient (Wildman–Crippen LogP) is 3.24. The van der Waals surface area contributed by atoms with E-state index in [2.05, 4.69) is 16.9 Å². The summed E-state index contributed by atoms with van der Waals surface area (Å²) < 4.78 is 0. The van der Waals surface area contributed by atoms with Crippen LogP contribution in [0.4, 0.5) is 0 Å². The van der Waals surface area contributed by atoms with Crippen molar-refractivity contribution in [3.8, 4) is 0 Å². The van der Waals surface area contributed by atoms with Crippen LogP contribution in [0.15, 0.2) is 23.0 Å². The average molecular weight is 308 g/mol. The average Bonchev–Trinajstić information content (AvgIpc) is 2.97. The molecule has 2 rings (SSSR count). The lowest BCUT2D eigenvalue weighted by Gasteiger charge is -2.15. The summed E-state index contributed by atoms with van der Waals surface area (Å²) in [6.45, 7) is 3.68. The lowest BCUT2D eigenvalue weighted by Crippen LogP contribution is -2.16. The van der Waals surface area contributed by atoms with Crippen molar-refractivity contribution in [2.75, 3.05) is 7.05 Å². The van der Waals surface area contributed by atoms with E-state index in [1.165, 1.54) is 15.8 Å². The van der Waals surface area contributed by atoms with Gasteiger partial charge in [-0.2, -0.15) is 0 Å². The van der Waals surface area contributed by atoms with Crippen LogP contribution < -0.4 is 0 Å². The summed E-state index contributed by atoms with van der Waals surface area (Å²) in [5, 5.41) is 10.7. The number of nitrogens with zero attached hydrogens (tertiary/aromatic N) is 2. The Labute approximate surface area is 126 Å². The van der Waals surface area contributed by atoms with E-state index in [1.807, 2.05) is 23.9 Å². The van der Waals surface area contributed by atoms with E-state index in [4.69, 9.17) is 5.11 Å². The minimum absolute atomic E-state index is 0.800. The van der Waals surface area contributed by atoms with E-state index in [-0.39, 0.29) is 0 Å². The molecule has 0 saturated carbocycles. The summed E-state index contributed by atoms with van der Waals surface area (Å²) >= 11 is 3.32. The Bertz CT molecular complexity index is 616. The van der Waals surface area contributed by atoms with E-state index in [9.17, 15) is 4.79 Å². The Balaban J connectivity index is 2.01. The molecule has 0 bridgehead atoms. The van der Waals surface area contributed by atoms with E-state index in [0.29, 0.717) is 0 Å². The van der Waals surface area contributed by atoms with E-state index >= 15 is 0 Å². The van der Waals surface area contributed by atoms with Crippen molar-refractivity contribution in [1.29, 1.82) is 0 Å². The van der Waals surface area contributed by atoms with Gasteiger partial charge in [0.05, 0.1) is 11.2 Å². The summed E-state index contributed by atoms with van der Waals surface area (Å²) in [4.78, 5) is 19.5. The van der Waals surface area contributed by atoms with Crippen molar-refractivity contribution in [2.24, 2.45) is 0 Å². The van der Waals surface area contributed by atoms with Crippen molar-refractivity contribution < 1.29 is 9.90 Å². The van der Waals surface area contributed by atoms with E-state index in [0.717, 1.165) is 24.3 Å². The third-order valence-corrected chi connectivity index (χ3v) is 4.70. The molecule has 106 valence electrons. The van der Waals surface area contributed by atoms with Gasteiger partial charge in [0.1, 0.15) is 0 Å². The Morgan fingerprint density at radius 3 is 2.80 bits per heavy atom. The van der Waals surface area contributed by atoms with Gasteiger partial charge in [-0.05, 0) is 37.1 Å². The van der Waals surface area contributed by atoms with Crippen LogP contribution in [0.2, 0.25) is 0 Å². The summed E-state index contributed by atoms with van der Waals surface area (Å²) in [6, 6.07) is 1.95. The number of thiazole rings is 1. The molecular formula is C14H16N2O2S2. The van der Waals surface area contributed by atoms with E-state index < -0.39 is 5.97 Å². The number of thiophene rings is 1. The molecule has 0 atom stereocenters. The van der Waals surface area contributed by atoms with Gasteiger partial charge in [0, 0.05) is 28.9 Å². The fourth-order valence-corrected chi connectivity index (χ4v) is 3.62. The molecule has 4 nitrogen and oxygen atoms in total. The monoisotopic (exact) mass is 308 g/mol. The first-order valence-electron chi connectivity index (χ1n) is 6.11.